The lowest BCUT2D eigenvalue weighted by Gasteiger charge is -2.30. The molecule has 1 fully saturated rings. The molecule has 1 aliphatic rings. The Morgan fingerprint density at radius 2 is 1.62 bits per heavy atom. The number of anilines is 1. The molecular formula is C41H60FN6O9P. The second kappa shape index (κ2) is 24.2. The number of rotatable bonds is 28. The van der Waals surface area contributed by atoms with Crippen molar-refractivity contribution in [3.63, 3.8) is 0 Å². The zero-order valence-electron chi connectivity index (χ0n) is 33.8. The quantitative estimate of drug-likeness (QED) is 0.0220. The van der Waals surface area contributed by atoms with E-state index >= 15 is 0 Å². The van der Waals surface area contributed by atoms with Crippen molar-refractivity contribution < 1.29 is 46.9 Å². The number of nitrogen functional groups attached to an aromatic ring is 1. The van der Waals surface area contributed by atoms with Gasteiger partial charge in [-0.05, 0) is 24.8 Å². The zero-order chi connectivity index (χ0) is 41.8. The molecule has 4 N–H and O–H groups in total. The number of hydrogen-bond donors (Lipinski definition) is 3. The Bertz CT molecular complexity index is 1810. The Morgan fingerprint density at radius 3 is 2.26 bits per heavy atom. The summed E-state index contributed by atoms with van der Waals surface area (Å²) in [4.78, 5) is 37.9. The van der Waals surface area contributed by atoms with Gasteiger partial charge in [-0.2, -0.15) is 14.4 Å². The lowest BCUT2D eigenvalue weighted by molar-refractivity contribution is -0.146. The minimum atomic E-state index is -4.65. The number of nitrogens with one attached hydrogen (secondary N) is 1. The highest BCUT2D eigenvalue weighted by Gasteiger charge is 2.50. The molecule has 0 spiro atoms. The maximum absolute atomic E-state index is 14.6. The maximum Gasteiger partial charge on any atom is 0.406 e. The van der Waals surface area contributed by atoms with Crippen LogP contribution < -0.4 is 10.8 Å². The summed E-state index contributed by atoms with van der Waals surface area (Å²) in [6.07, 6.45) is 18.0. The first kappa shape index (κ1) is 46.7. The van der Waals surface area contributed by atoms with Gasteiger partial charge in [-0.25, -0.2) is 19.4 Å². The summed E-state index contributed by atoms with van der Waals surface area (Å²) in [5.41, 5.74) is 4.73. The van der Waals surface area contributed by atoms with E-state index in [-0.39, 0.29) is 43.0 Å². The van der Waals surface area contributed by atoms with Gasteiger partial charge in [0.05, 0.1) is 19.5 Å². The number of benzene rings is 1. The third kappa shape index (κ3) is 14.4. The summed E-state index contributed by atoms with van der Waals surface area (Å²) in [5.74, 6) is 0.722. The van der Waals surface area contributed by atoms with E-state index in [2.05, 4.69) is 39.8 Å². The number of aliphatic hydroxyl groups excluding tert-OH is 1. The van der Waals surface area contributed by atoms with E-state index in [1.54, 1.807) is 24.3 Å². The molecule has 4 rings (SSSR count). The van der Waals surface area contributed by atoms with Crippen molar-refractivity contribution in [1.29, 1.82) is 0 Å². The van der Waals surface area contributed by atoms with Crippen LogP contribution in [-0.4, -0.2) is 80.7 Å². The van der Waals surface area contributed by atoms with Gasteiger partial charge in [-0.15, -0.1) is 6.42 Å². The van der Waals surface area contributed by atoms with Crippen LogP contribution >= 0.6 is 7.75 Å². The molecule has 0 unspecified atom stereocenters. The van der Waals surface area contributed by atoms with Crippen LogP contribution in [0, 0.1) is 18.4 Å². The van der Waals surface area contributed by atoms with Crippen molar-refractivity contribution in [2.24, 2.45) is 0 Å². The van der Waals surface area contributed by atoms with E-state index in [1.165, 1.54) is 30.2 Å². The Labute approximate surface area is 340 Å². The number of aliphatic hydroxyl groups is 1. The van der Waals surface area contributed by atoms with Crippen molar-refractivity contribution in [3.8, 4) is 12.3 Å². The summed E-state index contributed by atoms with van der Waals surface area (Å²) in [6, 6.07) is 7.77. The Kier molecular flexibility index (Phi) is 19.5. The SMILES string of the molecule is C#C[C@]1(CO[P@](=O)(N[C@@H](Cc2ccccc2)C(=O)OCCCCCCCCC)OCC(=O)OCCCCCCCCC)O[C@@H](n2cnc3c(N)nc(F)nc32)C[C@@H]1O. The van der Waals surface area contributed by atoms with Crippen LogP contribution in [0.15, 0.2) is 36.7 Å². The zero-order valence-corrected chi connectivity index (χ0v) is 34.7. The molecule has 17 heteroatoms. The predicted molar refractivity (Wildman–Crippen MR) is 216 cm³/mol. The summed E-state index contributed by atoms with van der Waals surface area (Å²) < 4.78 is 58.7. The number of fused-ring (bicyclic) bond motifs is 1. The van der Waals surface area contributed by atoms with E-state index in [4.69, 9.17) is 35.4 Å². The van der Waals surface area contributed by atoms with E-state index in [0.717, 1.165) is 63.4 Å². The fraction of sp³-hybridized carbons (Fsp3) is 0.634. The predicted octanol–water partition coefficient (Wildman–Crippen LogP) is 7.13. The Morgan fingerprint density at radius 1 is 1.00 bits per heavy atom. The number of esters is 2. The highest BCUT2D eigenvalue weighted by molar-refractivity contribution is 7.51. The molecule has 58 heavy (non-hydrogen) atoms. The summed E-state index contributed by atoms with van der Waals surface area (Å²) in [6.45, 7) is 3.12. The molecule has 0 bridgehead atoms. The number of carbonyl (C=O) groups is 2. The first-order chi connectivity index (χ1) is 28.0. The molecular weight excluding hydrogens is 770 g/mol. The van der Waals surface area contributed by atoms with E-state index in [9.17, 15) is 23.7 Å². The first-order valence-electron chi connectivity index (χ1n) is 20.5. The van der Waals surface area contributed by atoms with Crippen LogP contribution in [0.25, 0.3) is 11.2 Å². The van der Waals surface area contributed by atoms with Gasteiger partial charge in [-0.1, -0.05) is 127 Å². The van der Waals surface area contributed by atoms with Gasteiger partial charge in [-0.3, -0.25) is 18.4 Å². The van der Waals surface area contributed by atoms with Gasteiger partial charge >= 0.3 is 25.8 Å². The van der Waals surface area contributed by atoms with Gasteiger partial charge in [0.15, 0.2) is 29.2 Å². The van der Waals surface area contributed by atoms with Gasteiger partial charge < -0.3 is 25.1 Å². The van der Waals surface area contributed by atoms with Crippen LogP contribution in [0.2, 0.25) is 0 Å². The lowest BCUT2D eigenvalue weighted by atomic mass is 9.99. The second-order valence-corrected chi connectivity index (χ2v) is 16.4. The Hall–Kier alpha value is -3.97. The fourth-order valence-corrected chi connectivity index (χ4v) is 8.06. The molecule has 15 nitrogen and oxygen atoms in total. The van der Waals surface area contributed by atoms with Crippen molar-refractivity contribution in [1.82, 2.24) is 24.6 Å². The number of nitrogens with zero attached hydrogens (tertiary/aromatic N) is 4. The van der Waals surface area contributed by atoms with Gasteiger partial charge in [0.2, 0.25) is 0 Å². The number of imidazole rings is 1. The highest BCUT2D eigenvalue weighted by Crippen LogP contribution is 2.48. The highest BCUT2D eigenvalue weighted by atomic mass is 31.2. The molecule has 5 atom stereocenters. The molecule has 0 saturated carbocycles. The largest absolute Gasteiger partial charge is 0.465 e. The van der Waals surface area contributed by atoms with Crippen LogP contribution in [0.1, 0.15) is 122 Å². The number of unbranched alkanes of at least 4 members (excludes halogenated alkanes) is 12. The summed E-state index contributed by atoms with van der Waals surface area (Å²) >= 11 is 0. The molecule has 3 heterocycles. The number of hydrogen-bond acceptors (Lipinski definition) is 13. The minimum absolute atomic E-state index is 0.000348. The summed E-state index contributed by atoms with van der Waals surface area (Å²) in [5, 5.41) is 14.0. The first-order valence-corrected chi connectivity index (χ1v) is 22.1. The molecule has 1 aromatic carbocycles. The number of ether oxygens (including phenoxy) is 3. The molecule has 320 valence electrons. The molecule has 0 amide bonds. The molecule has 1 aliphatic heterocycles. The normalized spacial score (nSPS) is 19.4. The molecule has 1 saturated heterocycles. The molecule has 2 aromatic heterocycles. The molecule has 0 radical (unpaired) electrons. The van der Waals surface area contributed by atoms with Crippen LogP contribution in [0.4, 0.5) is 10.2 Å². The summed E-state index contributed by atoms with van der Waals surface area (Å²) in [7, 11) is -4.65. The standard InChI is InChI=1S/C41H60FN6O9P/c1-4-7-9-11-13-15-20-24-53-35(50)28-55-58(52,47-32(26-31-22-18-17-19-23-31)39(51)54-25-21-16-14-12-10-8-5-2)56-29-41(6-3)33(49)27-34(57-41)48-30-44-36-37(43)45-40(42)46-38(36)48/h3,17-19,22-23,30,32-34,49H,4-5,7-16,20-21,24-29H2,1-2H3,(H,47,52)(H2,43,45,46)/t32-,33-,34+,41+,58-/m0/s1. The van der Waals surface area contributed by atoms with E-state index in [0.29, 0.717) is 12.8 Å². The Balaban J connectivity index is 1.49. The second-order valence-electron chi connectivity index (χ2n) is 14.6. The third-order valence-corrected chi connectivity index (χ3v) is 11.5. The molecule has 3 aromatic rings. The van der Waals surface area contributed by atoms with Gasteiger partial charge in [0.25, 0.3) is 0 Å². The number of carbonyl (C=O) groups excluding carboxylic acids is 2. The number of aromatic nitrogens is 4. The average Bonchev–Trinajstić information content (AvgIpc) is 3.79. The van der Waals surface area contributed by atoms with Crippen molar-refractivity contribution >= 4 is 36.7 Å². The van der Waals surface area contributed by atoms with Crippen LogP contribution in [-0.2, 0) is 43.8 Å². The van der Waals surface area contributed by atoms with Crippen molar-refractivity contribution in [2.45, 2.75) is 141 Å². The maximum atomic E-state index is 14.6. The monoisotopic (exact) mass is 830 g/mol. The van der Waals surface area contributed by atoms with Crippen molar-refractivity contribution in [3.05, 3.63) is 48.3 Å². The van der Waals surface area contributed by atoms with E-state index in [1.807, 2.05) is 6.07 Å². The smallest absolute Gasteiger partial charge is 0.406 e. The lowest BCUT2D eigenvalue weighted by Crippen LogP contribution is -2.44. The number of halogens is 1. The minimum Gasteiger partial charge on any atom is -0.465 e. The molecule has 0 aliphatic carbocycles. The van der Waals surface area contributed by atoms with Crippen LogP contribution in [0.5, 0.6) is 0 Å². The third-order valence-electron chi connectivity index (χ3n) is 9.97. The topological polar surface area (TPSA) is 199 Å². The van der Waals surface area contributed by atoms with Crippen molar-refractivity contribution in [2.75, 3.05) is 32.2 Å². The number of nitrogens with two attached hydrogens (primary N) is 1. The number of terminal acetylenes is 1. The van der Waals surface area contributed by atoms with Crippen LogP contribution in [0.3, 0.4) is 0 Å². The average molecular weight is 831 g/mol. The fourth-order valence-electron chi connectivity index (χ4n) is 6.62. The van der Waals surface area contributed by atoms with Gasteiger partial charge in [0, 0.05) is 6.42 Å². The van der Waals surface area contributed by atoms with Gasteiger partial charge in [0.1, 0.15) is 25.0 Å². The van der Waals surface area contributed by atoms with E-state index < -0.39 is 63.0 Å².